The molecule has 1 aromatic rings. The molecule has 3 N–H and O–H groups in total. The van der Waals surface area contributed by atoms with E-state index >= 15 is 0 Å². The highest BCUT2D eigenvalue weighted by molar-refractivity contribution is 7.89. The lowest BCUT2D eigenvalue weighted by molar-refractivity contribution is 0.0899. The van der Waals surface area contributed by atoms with Crippen LogP contribution in [0, 0.1) is 5.92 Å². The van der Waals surface area contributed by atoms with Crippen molar-refractivity contribution < 1.29 is 13.2 Å². The molecule has 7 heteroatoms. The number of hydrogen-bond acceptors (Lipinski definition) is 3. The van der Waals surface area contributed by atoms with E-state index in [0.29, 0.717) is 18.2 Å². The maximum atomic E-state index is 12.4. The Kier molecular flexibility index (Phi) is 4.73. The van der Waals surface area contributed by atoms with E-state index in [0.717, 1.165) is 19.3 Å². The van der Waals surface area contributed by atoms with Gasteiger partial charge in [0.15, 0.2) is 0 Å². The second kappa shape index (κ2) is 6.19. The molecule has 0 aromatic carbocycles. The molecule has 1 heterocycles. The van der Waals surface area contributed by atoms with Gasteiger partial charge >= 0.3 is 0 Å². The molecule has 0 saturated heterocycles. The van der Waals surface area contributed by atoms with Crippen LogP contribution in [-0.4, -0.2) is 24.9 Å². The molecule has 0 bridgehead atoms. The second-order valence-corrected chi connectivity index (χ2v) is 7.31. The van der Waals surface area contributed by atoms with E-state index in [1.54, 1.807) is 4.57 Å². The van der Waals surface area contributed by atoms with E-state index in [9.17, 15) is 13.2 Å². The number of hydrogen-bond donors (Lipinski definition) is 2. The number of amides is 1. The summed E-state index contributed by atoms with van der Waals surface area (Å²) in [4.78, 5) is 12.4. The van der Waals surface area contributed by atoms with Crippen molar-refractivity contribution in [1.82, 2.24) is 9.88 Å². The van der Waals surface area contributed by atoms with Crippen molar-refractivity contribution in [2.45, 2.75) is 57.0 Å². The minimum absolute atomic E-state index is 0.0163. The van der Waals surface area contributed by atoms with Gasteiger partial charge in [-0.25, -0.2) is 13.6 Å². The zero-order valence-electron chi connectivity index (χ0n) is 12.5. The van der Waals surface area contributed by atoms with Crippen LogP contribution in [0.4, 0.5) is 0 Å². The number of nitrogens with two attached hydrogens (primary N) is 1. The summed E-state index contributed by atoms with van der Waals surface area (Å²) < 4.78 is 24.5. The molecule has 0 aliphatic heterocycles. The van der Waals surface area contributed by atoms with Gasteiger partial charge in [-0.1, -0.05) is 13.3 Å². The highest BCUT2D eigenvalue weighted by Crippen LogP contribution is 2.29. The number of rotatable bonds is 6. The maximum absolute atomic E-state index is 12.4. The van der Waals surface area contributed by atoms with E-state index in [1.807, 2.05) is 13.8 Å². The number of sulfonamides is 1. The van der Waals surface area contributed by atoms with Crippen molar-refractivity contribution >= 4 is 15.9 Å². The van der Waals surface area contributed by atoms with Gasteiger partial charge < -0.3 is 9.88 Å². The van der Waals surface area contributed by atoms with E-state index in [1.165, 1.54) is 18.7 Å². The summed E-state index contributed by atoms with van der Waals surface area (Å²) in [5.74, 6) is 0.291. The zero-order chi connectivity index (χ0) is 15.6. The number of aromatic nitrogens is 1. The molecule has 1 aliphatic carbocycles. The normalized spacial score (nSPS) is 17.3. The number of primary sulfonamides is 1. The summed E-state index contributed by atoms with van der Waals surface area (Å²) in [6.07, 6.45) is 5.73. The Bertz CT molecular complexity index is 617. The van der Waals surface area contributed by atoms with Gasteiger partial charge in [0.25, 0.3) is 5.91 Å². The lowest BCUT2D eigenvalue weighted by atomic mass is 9.80. The monoisotopic (exact) mass is 313 g/mol. The molecule has 1 aliphatic rings. The maximum Gasteiger partial charge on any atom is 0.268 e. The largest absolute Gasteiger partial charge is 0.348 e. The summed E-state index contributed by atoms with van der Waals surface area (Å²) >= 11 is 0. The topological polar surface area (TPSA) is 94.2 Å². The van der Waals surface area contributed by atoms with Gasteiger partial charge in [0, 0.05) is 18.8 Å². The number of nitrogens with one attached hydrogen (secondary N) is 1. The Labute approximate surface area is 125 Å². The minimum Gasteiger partial charge on any atom is -0.348 e. The van der Waals surface area contributed by atoms with E-state index in [-0.39, 0.29) is 16.8 Å². The molecule has 2 rings (SSSR count). The minimum atomic E-state index is -3.80. The predicted octanol–water partition coefficient (Wildman–Crippen LogP) is 1.46. The van der Waals surface area contributed by atoms with E-state index in [4.69, 9.17) is 5.14 Å². The molecular formula is C14H23N3O3S. The molecular weight excluding hydrogens is 290 g/mol. The molecule has 1 unspecified atom stereocenters. The number of carbonyl (C=O) groups is 1. The van der Waals surface area contributed by atoms with Crippen LogP contribution in [0.5, 0.6) is 0 Å². The molecule has 0 radical (unpaired) electrons. The zero-order valence-corrected chi connectivity index (χ0v) is 13.3. The van der Waals surface area contributed by atoms with Crippen LogP contribution in [-0.2, 0) is 16.6 Å². The summed E-state index contributed by atoms with van der Waals surface area (Å²) in [6.45, 7) is 4.54. The van der Waals surface area contributed by atoms with Crippen molar-refractivity contribution in [3.63, 3.8) is 0 Å². The summed E-state index contributed by atoms with van der Waals surface area (Å²) in [5.41, 5.74) is 0.354. The Morgan fingerprint density at radius 1 is 1.52 bits per heavy atom. The SMILES string of the molecule is CCCn1cc(S(N)(=O)=O)cc1C(=O)NC(C)C1CCC1. The first-order valence-electron chi connectivity index (χ1n) is 7.36. The van der Waals surface area contributed by atoms with Crippen LogP contribution in [0.25, 0.3) is 0 Å². The molecule has 0 spiro atoms. The predicted molar refractivity (Wildman–Crippen MR) is 80.4 cm³/mol. The van der Waals surface area contributed by atoms with Gasteiger partial charge in [0.05, 0.1) is 0 Å². The lowest BCUT2D eigenvalue weighted by Gasteiger charge is -2.31. The third-order valence-electron chi connectivity index (χ3n) is 4.11. The van der Waals surface area contributed by atoms with Gasteiger partial charge in [-0.15, -0.1) is 0 Å². The highest BCUT2D eigenvalue weighted by Gasteiger charge is 2.26. The first-order chi connectivity index (χ1) is 9.82. The molecule has 1 atom stereocenters. The van der Waals surface area contributed by atoms with Crippen molar-refractivity contribution in [3.05, 3.63) is 18.0 Å². The van der Waals surface area contributed by atoms with Gasteiger partial charge in [0.1, 0.15) is 10.6 Å². The number of aryl methyl sites for hydroxylation is 1. The smallest absolute Gasteiger partial charge is 0.268 e. The lowest BCUT2D eigenvalue weighted by Crippen LogP contribution is -2.41. The average molecular weight is 313 g/mol. The molecule has 21 heavy (non-hydrogen) atoms. The van der Waals surface area contributed by atoms with Crippen molar-refractivity contribution in [2.24, 2.45) is 11.1 Å². The van der Waals surface area contributed by atoms with Crippen LogP contribution in [0.2, 0.25) is 0 Å². The van der Waals surface area contributed by atoms with E-state index < -0.39 is 10.0 Å². The quantitative estimate of drug-likeness (QED) is 0.832. The molecule has 118 valence electrons. The van der Waals surface area contributed by atoms with Crippen molar-refractivity contribution in [3.8, 4) is 0 Å². The van der Waals surface area contributed by atoms with Crippen molar-refractivity contribution in [2.75, 3.05) is 0 Å². The van der Waals surface area contributed by atoms with Crippen LogP contribution >= 0.6 is 0 Å². The fourth-order valence-corrected chi connectivity index (χ4v) is 3.14. The Balaban J connectivity index is 2.19. The second-order valence-electron chi connectivity index (χ2n) is 5.75. The Hall–Kier alpha value is -1.34. The van der Waals surface area contributed by atoms with Gasteiger partial charge in [0.2, 0.25) is 10.0 Å². The van der Waals surface area contributed by atoms with Gasteiger partial charge in [-0.05, 0) is 38.2 Å². The number of nitrogens with zero attached hydrogens (tertiary/aromatic N) is 1. The highest BCUT2D eigenvalue weighted by atomic mass is 32.2. The van der Waals surface area contributed by atoms with Crippen molar-refractivity contribution in [1.29, 1.82) is 0 Å². The molecule has 1 amide bonds. The fraction of sp³-hybridized carbons (Fsp3) is 0.643. The number of carbonyl (C=O) groups excluding carboxylic acids is 1. The van der Waals surface area contributed by atoms with Gasteiger partial charge in [-0.2, -0.15) is 0 Å². The Morgan fingerprint density at radius 2 is 2.19 bits per heavy atom. The van der Waals surface area contributed by atoms with Crippen LogP contribution in [0.3, 0.4) is 0 Å². The van der Waals surface area contributed by atoms with E-state index in [2.05, 4.69) is 5.32 Å². The average Bonchev–Trinajstić information content (AvgIpc) is 2.70. The van der Waals surface area contributed by atoms with Gasteiger partial charge in [-0.3, -0.25) is 4.79 Å². The third-order valence-corrected chi connectivity index (χ3v) is 4.99. The summed E-state index contributed by atoms with van der Waals surface area (Å²) in [6, 6.07) is 1.46. The van der Waals surface area contributed by atoms with Crippen LogP contribution in [0.15, 0.2) is 17.2 Å². The molecule has 1 fully saturated rings. The first-order valence-corrected chi connectivity index (χ1v) is 8.91. The molecule has 1 aromatic heterocycles. The molecule has 1 saturated carbocycles. The van der Waals surface area contributed by atoms with Crippen LogP contribution < -0.4 is 10.5 Å². The van der Waals surface area contributed by atoms with Crippen LogP contribution in [0.1, 0.15) is 50.0 Å². The summed E-state index contributed by atoms with van der Waals surface area (Å²) in [7, 11) is -3.80. The molecule has 6 nitrogen and oxygen atoms in total. The Morgan fingerprint density at radius 3 is 2.67 bits per heavy atom. The standard InChI is InChI=1S/C14H23N3O3S/c1-3-7-17-9-12(21(15,19)20)8-13(17)14(18)16-10(2)11-5-4-6-11/h8-11H,3-7H2,1-2H3,(H,16,18)(H2,15,19,20). The summed E-state index contributed by atoms with van der Waals surface area (Å²) in [5, 5.41) is 8.11. The fourth-order valence-electron chi connectivity index (χ4n) is 2.59. The first kappa shape index (κ1) is 16.0. The third kappa shape index (κ3) is 3.65.